The van der Waals surface area contributed by atoms with Gasteiger partial charge in [-0.1, -0.05) is 53.4 Å². The predicted molar refractivity (Wildman–Crippen MR) is 79.4 cm³/mol. The molecule has 2 N–H and O–H groups in total. The van der Waals surface area contributed by atoms with Crippen molar-refractivity contribution < 1.29 is 14.7 Å². The summed E-state index contributed by atoms with van der Waals surface area (Å²) >= 11 is 3.40. The summed E-state index contributed by atoms with van der Waals surface area (Å²) in [6, 6.07) is 7.47. The van der Waals surface area contributed by atoms with Crippen LogP contribution in [0.2, 0.25) is 0 Å². The number of carboxylic acids is 1. The van der Waals surface area contributed by atoms with Crippen LogP contribution in [0.3, 0.4) is 0 Å². The van der Waals surface area contributed by atoms with Crippen molar-refractivity contribution in [2.75, 3.05) is 0 Å². The molecule has 0 radical (unpaired) electrons. The molecule has 1 aromatic carbocycles. The van der Waals surface area contributed by atoms with Crippen LogP contribution in [-0.4, -0.2) is 22.5 Å². The van der Waals surface area contributed by atoms with Gasteiger partial charge in [-0.15, -0.1) is 0 Å². The van der Waals surface area contributed by atoms with Crippen molar-refractivity contribution in [2.24, 2.45) is 0 Å². The molecule has 0 aliphatic heterocycles. The highest BCUT2D eigenvalue weighted by atomic mass is 79.9. The lowest BCUT2D eigenvalue weighted by Gasteiger charge is -2.34. The van der Waals surface area contributed by atoms with Crippen molar-refractivity contribution in [1.29, 1.82) is 0 Å². The molecule has 1 aliphatic carbocycles. The summed E-state index contributed by atoms with van der Waals surface area (Å²) in [5, 5.41) is 12.2. The van der Waals surface area contributed by atoms with Gasteiger partial charge in [0.1, 0.15) is 5.54 Å². The van der Waals surface area contributed by atoms with Gasteiger partial charge < -0.3 is 10.4 Å². The lowest BCUT2D eigenvalue weighted by Crippen LogP contribution is -2.56. The molecule has 0 saturated heterocycles. The molecule has 0 bridgehead atoms. The number of nitrogens with one attached hydrogen (secondary N) is 1. The zero-order valence-corrected chi connectivity index (χ0v) is 12.8. The maximum atomic E-state index is 12.1. The van der Waals surface area contributed by atoms with E-state index in [4.69, 9.17) is 0 Å². The van der Waals surface area contributed by atoms with Crippen LogP contribution in [-0.2, 0) is 16.0 Å². The van der Waals surface area contributed by atoms with E-state index >= 15 is 0 Å². The third kappa shape index (κ3) is 3.39. The number of carbonyl (C=O) groups is 2. The van der Waals surface area contributed by atoms with Gasteiger partial charge in [-0.3, -0.25) is 4.79 Å². The van der Waals surface area contributed by atoms with Gasteiger partial charge in [-0.05, 0) is 24.5 Å². The number of halogens is 1. The van der Waals surface area contributed by atoms with Crippen LogP contribution in [0.25, 0.3) is 0 Å². The molecule has 1 amide bonds. The number of hydrogen-bond acceptors (Lipinski definition) is 2. The van der Waals surface area contributed by atoms with E-state index in [0.29, 0.717) is 12.8 Å². The molecule has 0 heterocycles. The average Bonchev–Trinajstić information content (AvgIpc) is 2.42. The monoisotopic (exact) mass is 339 g/mol. The molecule has 108 valence electrons. The largest absolute Gasteiger partial charge is 0.480 e. The number of rotatable bonds is 4. The zero-order chi connectivity index (χ0) is 14.6. The molecule has 5 heteroatoms. The SMILES string of the molecule is O=C(Cc1ccccc1Br)NC1(C(=O)O)CCCCC1. The van der Waals surface area contributed by atoms with E-state index in [1.54, 1.807) is 0 Å². The summed E-state index contributed by atoms with van der Waals surface area (Å²) in [4.78, 5) is 23.7. The average molecular weight is 340 g/mol. The molecular formula is C15H18BrNO3. The molecule has 2 rings (SSSR count). The number of aliphatic carboxylic acids is 1. The molecule has 0 atom stereocenters. The first kappa shape index (κ1) is 15.0. The summed E-state index contributed by atoms with van der Waals surface area (Å²) in [6.45, 7) is 0. The molecule has 20 heavy (non-hydrogen) atoms. The second-order valence-electron chi connectivity index (χ2n) is 5.26. The normalized spacial score (nSPS) is 17.4. The van der Waals surface area contributed by atoms with Crippen LogP contribution in [0, 0.1) is 0 Å². The van der Waals surface area contributed by atoms with Crippen LogP contribution in [0.5, 0.6) is 0 Å². The lowest BCUT2D eigenvalue weighted by molar-refractivity contribution is -0.149. The molecule has 0 aromatic heterocycles. The molecule has 1 fully saturated rings. The van der Waals surface area contributed by atoms with Crippen LogP contribution in [0.1, 0.15) is 37.7 Å². The van der Waals surface area contributed by atoms with Gasteiger partial charge in [-0.2, -0.15) is 0 Å². The van der Waals surface area contributed by atoms with E-state index in [1.807, 2.05) is 24.3 Å². The van der Waals surface area contributed by atoms with Crippen LogP contribution in [0.4, 0.5) is 0 Å². The van der Waals surface area contributed by atoms with Crippen LogP contribution in [0.15, 0.2) is 28.7 Å². The maximum Gasteiger partial charge on any atom is 0.329 e. The van der Waals surface area contributed by atoms with Crippen molar-refractivity contribution >= 4 is 27.8 Å². The molecule has 1 saturated carbocycles. The summed E-state index contributed by atoms with van der Waals surface area (Å²) in [7, 11) is 0. The van der Waals surface area contributed by atoms with Crippen LogP contribution < -0.4 is 5.32 Å². The third-order valence-corrected chi connectivity index (χ3v) is 4.58. The van der Waals surface area contributed by atoms with Gasteiger partial charge in [-0.25, -0.2) is 4.79 Å². The standard InChI is InChI=1S/C15H18BrNO3/c16-12-7-3-2-6-11(12)10-13(18)17-15(14(19)20)8-4-1-5-9-15/h2-3,6-7H,1,4-5,8-10H2,(H,17,18)(H,19,20). The Hall–Kier alpha value is -1.36. The lowest BCUT2D eigenvalue weighted by atomic mass is 9.81. The highest BCUT2D eigenvalue weighted by molar-refractivity contribution is 9.10. The second kappa shape index (κ2) is 6.39. The summed E-state index contributed by atoms with van der Waals surface area (Å²) in [5.74, 6) is -1.15. The van der Waals surface area contributed by atoms with Crippen molar-refractivity contribution in [3.8, 4) is 0 Å². The molecule has 0 spiro atoms. The Morgan fingerprint density at radius 3 is 2.45 bits per heavy atom. The minimum absolute atomic E-state index is 0.191. The Bertz CT molecular complexity index is 510. The second-order valence-corrected chi connectivity index (χ2v) is 6.12. The first-order valence-electron chi connectivity index (χ1n) is 6.81. The third-order valence-electron chi connectivity index (χ3n) is 3.80. The summed E-state index contributed by atoms with van der Waals surface area (Å²) in [6.07, 6.45) is 3.96. The Kier molecular flexibility index (Phi) is 4.81. The van der Waals surface area contributed by atoms with Crippen molar-refractivity contribution in [1.82, 2.24) is 5.32 Å². The number of benzene rings is 1. The molecule has 0 unspecified atom stereocenters. The quantitative estimate of drug-likeness (QED) is 0.886. The van der Waals surface area contributed by atoms with Crippen molar-refractivity contribution in [3.63, 3.8) is 0 Å². The fraction of sp³-hybridized carbons (Fsp3) is 0.467. The Morgan fingerprint density at radius 2 is 1.85 bits per heavy atom. The zero-order valence-electron chi connectivity index (χ0n) is 11.2. The summed E-state index contributed by atoms with van der Waals surface area (Å²) < 4.78 is 0.864. The first-order valence-corrected chi connectivity index (χ1v) is 7.61. The topological polar surface area (TPSA) is 66.4 Å². The predicted octanol–water partition coefficient (Wildman–Crippen LogP) is 2.90. The molecule has 1 aromatic rings. The van der Waals surface area contributed by atoms with E-state index in [1.165, 1.54) is 0 Å². The van der Waals surface area contributed by atoms with Gasteiger partial charge in [0.2, 0.25) is 5.91 Å². The number of carboxylic acid groups (broad SMARTS) is 1. The van der Waals surface area contributed by atoms with E-state index in [2.05, 4.69) is 21.2 Å². The van der Waals surface area contributed by atoms with Gasteiger partial charge in [0.15, 0.2) is 0 Å². The Balaban J connectivity index is 2.06. The highest BCUT2D eigenvalue weighted by Crippen LogP contribution is 2.28. The number of hydrogen-bond donors (Lipinski definition) is 2. The van der Waals surface area contributed by atoms with Crippen LogP contribution >= 0.6 is 15.9 Å². The molecule has 4 nitrogen and oxygen atoms in total. The van der Waals surface area contributed by atoms with Gasteiger partial charge in [0.05, 0.1) is 6.42 Å². The number of carbonyl (C=O) groups excluding carboxylic acids is 1. The van der Waals surface area contributed by atoms with E-state index in [0.717, 1.165) is 29.3 Å². The van der Waals surface area contributed by atoms with E-state index in [-0.39, 0.29) is 12.3 Å². The van der Waals surface area contributed by atoms with Crippen molar-refractivity contribution in [2.45, 2.75) is 44.1 Å². The maximum absolute atomic E-state index is 12.1. The fourth-order valence-corrected chi connectivity index (χ4v) is 3.10. The Labute approximate surface area is 126 Å². The summed E-state index contributed by atoms with van der Waals surface area (Å²) in [5.41, 5.74) is -0.210. The minimum atomic E-state index is -1.07. The minimum Gasteiger partial charge on any atom is -0.480 e. The molecular weight excluding hydrogens is 322 g/mol. The first-order chi connectivity index (χ1) is 9.53. The van der Waals surface area contributed by atoms with Gasteiger partial charge in [0, 0.05) is 4.47 Å². The Morgan fingerprint density at radius 1 is 1.20 bits per heavy atom. The van der Waals surface area contributed by atoms with E-state index in [9.17, 15) is 14.7 Å². The highest BCUT2D eigenvalue weighted by Gasteiger charge is 2.40. The smallest absolute Gasteiger partial charge is 0.329 e. The van der Waals surface area contributed by atoms with E-state index < -0.39 is 11.5 Å². The van der Waals surface area contributed by atoms with Crippen molar-refractivity contribution in [3.05, 3.63) is 34.3 Å². The molecule has 1 aliphatic rings. The number of amides is 1. The fourth-order valence-electron chi connectivity index (χ4n) is 2.67. The van der Waals surface area contributed by atoms with Gasteiger partial charge >= 0.3 is 5.97 Å². The van der Waals surface area contributed by atoms with Gasteiger partial charge in [0.25, 0.3) is 0 Å².